The second kappa shape index (κ2) is 6.92. The molecular formula is C21H23N3O2. The van der Waals surface area contributed by atoms with E-state index in [9.17, 15) is 4.79 Å². The zero-order chi connectivity index (χ0) is 18.0. The molecule has 0 radical (unpaired) electrons. The number of nitrogens with one attached hydrogen (secondary N) is 1. The molecule has 0 aliphatic carbocycles. The highest BCUT2D eigenvalue weighted by Gasteiger charge is 2.41. The number of carbonyl (C=O) groups excluding carboxylic acids is 1. The van der Waals surface area contributed by atoms with Gasteiger partial charge in [0.15, 0.2) is 0 Å². The lowest BCUT2D eigenvalue weighted by molar-refractivity contribution is -0.130. The fourth-order valence-corrected chi connectivity index (χ4v) is 3.69. The van der Waals surface area contributed by atoms with Gasteiger partial charge >= 0.3 is 0 Å². The summed E-state index contributed by atoms with van der Waals surface area (Å²) in [5.74, 6) is 0.0558. The summed E-state index contributed by atoms with van der Waals surface area (Å²) < 4.78 is 7.50. The molecule has 4 rings (SSSR count). The number of nitrogens with zero attached hydrogens (tertiary/aromatic N) is 2. The molecule has 1 fully saturated rings. The fourth-order valence-electron chi connectivity index (χ4n) is 3.69. The van der Waals surface area contributed by atoms with Crippen molar-refractivity contribution in [2.75, 3.05) is 13.2 Å². The summed E-state index contributed by atoms with van der Waals surface area (Å²) in [6, 6.07) is 14.1. The molecule has 2 aromatic heterocycles. The first kappa shape index (κ1) is 16.8. The van der Waals surface area contributed by atoms with Gasteiger partial charge in [0.2, 0.25) is 5.91 Å². The highest BCUT2D eigenvalue weighted by Crippen LogP contribution is 2.35. The molecule has 0 unspecified atom stereocenters. The molecule has 3 aromatic rings. The topological polar surface area (TPSA) is 55.6 Å². The van der Waals surface area contributed by atoms with E-state index in [4.69, 9.17) is 4.74 Å². The second-order valence-corrected chi connectivity index (χ2v) is 6.94. The summed E-state index contributed by atoms with van der Waals surface area (Å²) in [7, 11) is 0. The Morgan fingerprint density at radius 2 is 2.00 bits per heavy atom. The van der Waals surface area contributed by atoms with E-state index in [1.807, 2.05) is 66.2 Å². The van der Waals surface area contributed by atoms with Gasteiger partial charge in [-0.25, -0.2) is 4.98 Å². The summed E-state index contributed by atoms with van der Waals surface area (Å²) in [4.78, 5) is 17.8. The largest absolute Gasteiger partial charge is 0.381 e. The Bertz CT molecular complexity index is 911. The molecule has 134 valence electrons. The maximum Gasteiger partial charge on any atom is 0.231 e. The lowest BCUT2D eigenvalue weighted by Crippen LogP contribution is -2.47. The summed E-state index contributed by atoms with van der Waals surface area (Å²) in [5, 5.41) is 3.11. The molecule has 0 atom stereocenters. The van der Waals surface area contributed by atoms with Crippen LogP contribution < -0.4 is 5.32 Å². The van der Waals surface area contributed by atoms with E-state index < -0.39 is 5.41 Å². The van der Waals surface area contributed by atoms with Crippen LogP contribution in [0.3, 0.4) is 0 Å². The number of hydrogen-bond donors (Lipinski definition) is 1. The Morgan fingerprint density at radius 1 is 1.23 bits per heavy atom. The van der Waals surface area contributed by atoms with Crippen LogP contribution in [-0.4, -0.2) is 28.5 Å². The van der Waals surface area contributed by atoms with Crippen molar-refractivity contribution >= 4 is 11.6 Å². The standard InChI is InChI=1S/C21H23N3O2/c1-16-7-10-24-15-18(23-19(24)13-16)14-22-20(25)21(8-11-26-12-9-21)17-5-3-2-4-6-17/h2-7,10,13,15H,8-9,11-12,14H2,1H3,(H,22,25). The van der Waals surface area contributed by atoms with Gasteiger partial charge in [0.25, 0.3) is 0 Å². The number of benzene rings is 1. The van der Waals surface area contributed by atoms with Gasteiger partial charge in [0.1, 0.15) is 5.65 Å². The van der Waals surface area contributed by atoms with Crippen molar-refractivity contribution in [3.63, 3.8) is 0 Å². The molecule has 1 aliphatic heterocycles. The van der Waals surface area contributed by atoms with E-state index in [1.165, 1.54) is 5.56 Å². The number of aromatic nitrogens is 2. The summed E-state index contributed by atoms with van der Waals surface area (Å²) >= 11 is 0. The van der Waals surface area contributed by atoms with E-state index in [0.29, 0.717) is 32.6 Å². The van der Waals surface area contributed by atoms with Crippen molar-refractivity contribution < 1.29 is 9.53 Å². The first-order chi connectivity index (χ1) is 12.7. The molecule has 1 amide bonds. The quantitative estimate of drug-likeness (QED) is 0.788. The molecule has 0 spiro atoms. The van der Waals surface area contributed by atoms with Crippen LogP contribution in [-0.2, 0) is 21.5 Å². The molecule has 1 aromatic carbocycles. The van der Waals surface area contributed by atoms with E-state index in [2.05, 4.69) is 10.3 Å². The Balaban J connectivity index is 1.54. The Labute approximate surface area is 153 Å². The van der Waals surface area contributed by atoms with Crippen LogP contribution in [0.15, 0.2) is 54.9 Å². The predicted octanol–water partition coefficient (Wildman–Crippen LogP) is 3.01. The maximum absolute atomic E-state index is 13.2. The smallest absolute Gasteiger partial charge is 0.231 e. The van der Waals surface area contributed by atoms with Crippen molar-refractivity contribution in [2.45, 2.75) is 31.7 Å². The van der Waals surface area contributed by atoms with Crippen LogP contribution in [0.4, 0.5) is 0 Å². The Kier molecular flexibility index (Phi) is 4.47. The third-order valence-electron chi connectivity index (χ3n) is 5.20. The Morgan fingerprint density at radius 3 is 2.77 bits per heavy atom. The first-order valence-corrected chi connectivity index (χ1v) is 9.03. The van der Waals surface area contributed by atoms with Gasteiger partial charge in [0.05, 0.1) is 17.7 Å². The number of ether oxygens (including phenoxy) is 1. The molecule has 1 N–H and O–H groups in total. The number of imidazole rings is 1. The number of amides is 1. The minimum Gasteiger partial charge on any atom is -0.381 e. The predicted molar refractivity (Wildman–Crippen MR) is 99.9 cm³/mol. The average Bonchev–Trinajstić information content (AvgIpc) is 3.09. The molecule has 5 nitrogen and oxygen atoms in total. The average molecular weight is 349 g/mol. The summed E-state index contributed by atoms with van der Waals surface area (Å²) in [6.45, 7) is 3.69. The molecular weight excluding hydrogens is 326 g/mol. The van der Waals surface area contributed by atoms with E-state index in [0.717, 1.165) is 16.9 Å². The van der Waals surface area contributed by atoms with E-state index in [-0.39, 0.29) is 5.91 Å². The molecule has 1 saturated heterocycles. The van der Waals surface area contributed by atoms with Gasteiger partial charge in [-0.2, -0.15) is 0 Å². The molecule has 3 heterocycles. The van der Waals surface area contributed by atoms with Crippen molar-refractivity contribution in [3.05, 3.63) is 71.7 Å². The number of carbonyl (C=O) groups is 1. The van der Waals surface area contributed by atoms with Crippen molar-refractivity contribution in [2.24, 2.45) is 0 Å². The molecule has 0 saturated carbocycles. The van der Waals surface area contributed by atoms with Crippen molar-refractivity contribution in [3.8, 4) is 0 Å². The lowest BCUT2D eigenvalue weighted by atomic mass is 9.73. The first-order valence-electron chi connectivity index (χ1n) is 9.03. The van der Waals surface area contributed by atoms with Crippen molar-refractivity contribution in [1.82, 2.24) is 14.7 Å². The lowest BCUT2D eigenvalue weighted by Gasteiger charge is -2.36. The van der Waals surface area contributed by atoms with Gasteiger partial charge in [0, 0.05) is 25.6 Å². The number of aryl methyl sites for hydroxylation is 1. The Hall–Kier alpha value is -2.66. The summed E-state index contributed by atoms with van der Waals surface area (Å²) in [6.07, 6.45) is 5.36. The van der Waals surface area contributed by atoms with Crippen LogP contribution in [0.25, 0.3) is 5.65 Å². The van der Waals surface area contributed by atoms with Crippen LogP contribution in [0.5, 0.6) is 0 Å². The number of hydrogen-bond acceptors (Lipinski definition) is 3. The number of fused-ring (bicyclic) bond motifs is 1. The highest BCUT2D eigenvalue weighted by atomic mass is 16.5. The zero-order valence-electron chi connectivity index (χ0n) is 14.9. The fraction of sp³-hybridized carbons (Fsp3) is 0.333. The number of pyridine rings is 1. The van der Waals surface area contributed by atoms with Crippen LogP contribution >= 0.6 is 0 Å². The van der Waals surface area contributed by atoms with E-state index in [1.54, 1.807) is 0 Å². The minimum atomic E-state index is -0.519. The minimum absolute atomic E-state index is 0.0558. The van der Waals surface area contributed by atoms with E-state index >= 15 is 0 Å². The van der Waals surface area contributed by atoms with Crippen molar-refractivity contribution in [1.29, 1.82) is 0 Å². The normalized spacial score (nSPS) is 16.5. The van der Waals surface area contributed by atoms with Crippen LogP contribution in [0.2, 0.25) is 0 Å². The van der Waals surface area contributed by atoms with Gasteiger partial charge < -0.3 is 14.5 Å². The maximum atomic E-state index is 13.2. The van der Waals surface area contributed by atoms with Crippen LogP contribution in [0.1, 0.15) is 29.7 Å². The van der Waals surface area contributed by atoms with Gasteiger partial charge in [-0.1, -0.05) is 30.3 Å². The second-order valence-electron chi connectivity index (χ2n) is 6.94. The molecule has 1 aliphatic rings. The van der Waals surface area contributed by atoms with Gasteiger partial charge in [-0.3, -0.25) is 4.79 Å². The van der Waals surface area contributed by atoms with Crippen LogP contribution in [0, 0.1) is 6.92 Å². The highest BCUT2D eigenvalue weighted by molar-refractivity contribution is 5.88. The third-order valence-corrected chi connectivity index (χ3v) is 5.20. The zero-order valence-corrected chi connectivity index (χ0v) is 14.9. The number of rotatable bonds is 4. The monoisotopic (exact) mass is 349 g/mol. The molecule has 26 heavy (non-hydrogen) atoms. The molecule has 5 heteroatoms. The molecule has 0 bridgehead atoms. The summed E-state index contributed by atoms with van der Waals surface area (Å²) in [5.41, 5.74) is 3.47. The SMILES string of the molecule is Cc1ccn2cc(CNC(=O)C3(c4ccccc4)CCOCC3)nc2c1. The van der Waals surface area contributed by atoms with Gasteiger partial charge in [-0.15, -0.1) is 0 Å². The third kappa shape index (κ3) is 3.10. The van der Waals surface area contributed by atoms with Gasteiger partial charge in [-0.05, 0) is 43.0 Å².